The number of carbonyl (C=O) groups is 1. The van der Waals surface area contributed by atoms with Crippen molar-refractivity contribution in [3.8, 4) is 0 Å². The van der Waals surface area contributed by atoms with Crippen LogP contribution in [0.15, 0.2) is 36.4 Å². The summed E-state index contributed by atoms with van der Waals surface area (Å²) in [5.74, 6) is -0.569. The number of nitrogens with two attached hydrogens (primary N) is 1. The summed E-state index contributed by atoms with van der Waals surface area (Å²) < 4.78 is 14.8. The van der Waals surface area contributed by atoms with Gasteiger partial charge in [-0.2, -0.15) is 0 Å². The standard InChI is InChI=1S/C23H29FN4O.2ClH/c1-2-27-10-12-28(13-11-27)22-9-6-17(15-20(22)24)23(29)26-21-5-3-4-16-14-18(25)7-8-19(16)21;;/h6-9,14-15,21H,2-5,10-13,25H2,1H3,(H,26,29);2*1H. The first kappa shape index (κ1) is 25.2. The lowest BCUT2D eigenvalue weighted by atomic mass is 9.87. The molecule has 1 amide bonds. The number of anilines is 2. The predicted molar refractivity (Wildman–Crippen MR) is 129 cm³/mol. The van der Waals surface area contributed by atoms with Crippen LogP contribution in [-0.4, -0.2) is 43.5 Å². The van der Waals surface area contributed by atoms with Crippen LogP contribution in [0.5, 0.6) is 0 Å². The number of rotatable bonds is 4. The van der Waals surface area contributed by atoms with Crippen molar-refractivity contribution in [1.82, 2.24) is 10.2 Å². The largest absolute Gasteiger partial charge is 0.399 e. The molecule has 1 heterocycles. The molecule has 1 unspecified atom stereocenters. The second-order valence-corrected chi connectivity index (χ2v) is 7.96. The van der Waals surface area contributed by atoms with Crippen LogP contribution >= 0.6 is 24.8 Å². The molecule has 1 fully saturated rings. The minimum atomic E-state index is -0.334. The minimum Gasteiger partial charge on any atom is -0.399 e. The number of amides is 1. The van der Waals surface area contributed by atoms with Crippen LogP contribution in [0.4, 0.5) is 15.8 Å². The first-order valence-electron chi connectivity index (χ1n) is 10.5. The van der Waals surface area contributed by atoms with Crippen molar-refractivity contribution in [2.45, 2.75) is 32.2 Å². The number of aryl methyl sites for hydroxylation is 1. The van der Waals surface area contributed by atoms with Crippen molar-refractivity contribution < 1.29 is 9.18 Å². The van der Waals surface area contributed by atoms with E-state index in [1.165, 1.54) is 11.6 Å². The highest BCUT2D eigenvalue weighted by Crippen LogP contribution is 2.31. The van der Waals surface area contributed by atoms with E-state index in [0.717, 1.165) is 63.2 Å². The second kappa shape index (κ2) is 11.0. The lowest BCUT2D eigenvalue weighted by Crippen LogP contribution is -2.46. The second-order valence-electron chi connectivity index (χ2n) is 7.96. The van der Waals surface area contributed by atoms with Crippen molar-refractivity contribution >= 4 is 42.1 Å². The summed E-state index contributed by atoms with van der Waals surface area (Å²) in [6, 6.07) is 10.6. The molecule has 31 heavy (non-hydrogen) atoms. The summed E-state index contributed by atoms with van der Waals surface area (Å²) >= 11 is 0. The summed E-state index contributed by atoms with van der Waals surface area (Å²) in [6.07, 6.45) is 2.85. The summed E-state index contributed by atoms with van der Waals surface area (Å²) in [4.78, 5) is 17.2. The Morgan fingerprint density at radius 2 is 1.87 bits per heavy atom. The third kappa shape index (κ3) is 5.62. The van der Waals surface area contributed by atoms with Crippen molar-refractivity contribution in [2.75, 3.05) is 43.4 Å². The number of nitrogens with one attached hydrogen (secondary N) is 1. The maximum absolute atomic E-state index is 14.8. The van der Waals surface area contributed by atoms with Gasteiger partial charge in [0.25, 0.3) is 5.91 Å². The van der Waals surface area contributed by atoms with Gasteiger partial charge in [-0.05, 0) is 67.3 Å². The number of hydrogen-bond donors (Lipinski definition) is 2. The minimum absolute atomic E-state index is 0. The molecule has 1 aliphatic heterocycles. The summed E-state index contributed by atoms with van der Waals surface area (Å²) in [7, 11) is 0. The van der Waals surface area contributed by atoms with Crippen molar-refractivity contribution in [2.24, 2.45) is 0 Å². The van der Waals surface area contributed by atoms with E-state index >= 15 is 0 Å². The number of halogens is 3. The summed E-state index contributed by atoms with van der Waals surface area (Å²) in [5, 5.41) is 3.08. The normalized spacial score (nSPS) is 18.4. The maximum atomic E-state index is 14.8. The van der Waals surface area contributed by atoms with Crippen LogP contribution in [0.1, 0.15) is 47.3 Å². The van der Waals surface area contributed by atoms with Gasteiger partial charge in [-0.15, -0.1) is 24.8 Å². The average molecular weight is 469 g/mol. The van der Waals surface area contributed by atoms with Gasteiger partial charge >= 0.3 is 0 Å². The van der Waals surface area contributed by atoms with Gasteiger partial charge in [0.15, 0.2) is 0 Å². The van der Waals surface area contributed by atoms with Gasteiger partial charge in [-0.3, -0.25) is 4.79 Å². The van der Waals surface area contributed by atoms with Gasteiger partial charge in [0.2, 0.25) is 0 Å². The topological polar surface area (TPSA) is 61.6 Å². The third-order valence-corrected chi connectivity index (χ3v) is 6.16. The van der Waals surface area contributed by atoms with Crippen molar-refractivity contribution in [1.29, 1.82) is 0 Å². The lowest BCUT2D eigenvalue weighted by Gasteiger charge is -2.35. The fourth-order valence-corrected chi connectivity index (χ4v) is 4.44. The maximum Gasteiger partial charge on any atom is 0.251 e. The summed E-state index contributed by atoms with van der Waals surface area (Å²) in [6.45, 7) is 6.64. The molecule has 1 aliphatic carbocycles. The molecule has 0 radical (unpaired) electrons. The van der Waals surface area contributed by atoms with Gasteiger partial charge in [0.05, 0.1) is 11.7 Å². The molecule has 3 N–H and O–H groups in total. The van der Waals surface area contributed by atoms with E-state index in [-0.39, 0.29) is 42.6 Å². The number of benzene rings is 2. The third-order valence-electron chi connectivity index (χ3n) is 6.16. The number of fused-ring (bicyclic) bond motifs is 1. The first-order valence-corrected chi connectivity index (χ1v) is 10.5. The Kier molecular flexibility index (Phi) is 8.98. The Hall–Kier alpha value is -2.02. The number of hydrogen-bond acceptors (Lipinski definition) is 4. The molecular formula is C23H31Cl2FN4O. The van der Waals surface area contributed by atoms with Gasteiger partial charge in [-0.25, -0.2) is 4.39 Å². The molecule has 8 heteroatoms. The van der Waals surface area contributed by atoms with E-state index in [9.17, 15) is 9.18 Å². The molecule has 0 saturated carbocycles. The predicted octanol–water partition coefficient (Wildman–Crippen LogP) is 4.20. The molecular weight excluding hydrogens is 438 g/mol. The zero-order chi connectivity index (χ0) is 20.4. The molecule has 2 aromatic carbocycles. The van der Waals surface area contributed by atoms with E-state index < -0.39 is 0 Å². The number of carbonyl (C=O) groups excluding carboxylic acids is 1. The quantitative estimate of drug-likeness (QED) is 0.659. The lowest BCUT2D eigenvalue weighted by molar-refractivity contribution is 0.0932. The van der Waals surface area contributed by atoms with Crippen LogP contribution in [0.2, 0.25) is 0 Å². The Bertz CT molecular complexity index is 903. The molecule has 1 saturated heterocycles. The average Bonchev–Trinajstić information content (AvgIpc) is 2.73. The van der Waals surface area contributed by atoms with Crippen LogP contribution in [-0.2, 0) is 6.42 Å². The Labute approximate surface area is 196 Å². The molecule has 170 valence electrons. The Balaban J connectivity index is 0.00000171. The fourth-order valence-electron chi connectivity index (χ4n) is 4.44. The van der Waals surface area contributed by atoms with E-state index in [1.807, 2.05) is 18.2 Å². The zero-order valence-electron chi connectivity index (χ0n) is 17.8. The van der Waals surface area contributed by atoms with E-state index in [1.54, 1.807) is 12.1 Å². The molecule has 1 atom stereocenters. The monoisotopic (exact) mass is 468 g/mol. The first-order chi connectivity index (χ1) is 14.0. The SMILES string of the molecule is CCN1CCN(c2ccc(C(=O)NC3CCCc4cc(N)ccc43)cc2F)CC1.Cl.Cl. The van der Waals surface area contributed by atoms with E-state index in [0.29, 0.717) is 11.3 Å². The molecule has 4 rings (SSSR count). The number of piperazine rings is 1. The zero-order valence-corrected chi connectivity index (χ0v) is 19.4. The Morgan fingerprint density at radius 3 is 2.55 bits per heavy atom. The van der Waals surface area contributed by atoms with Gasteiger partial charge in [0, 0.05) is 37.4 Å². The van der Waals surface area contributed by atoms with Gasteiger partial charge in [-0.1, -0.05) is 13.0 Å². The molecule has 2 aromatic rings. The molecule has 0 spiro atoms. The van der Waals surface area contributed by atoms with Crippen LogP contribution < -0.4 is 16.0 Å². The number of nitrogens with zero attached hydrogens (tertiary/aromatic N) is 2. The van der Waals surface area contributed by atoms with E-state index in [4.69, 9.17) is 5.73 Å². The molecule has 2 aliphatic rings. The molecule has 0 bridgehead atoms. The van der Waals surface area contributed by atoms with E-state index in [2.05, 4.69) is 22.0 Å². The molecule has 0 aromatic heterocycles. The highest BCUT2D eigenvalue weighted by Gasteiger charge is 2.24. The number of likely N-dealkylation sites (N-methyl/N-ethyl adjacent to an activating group) is 1. The smallest absolute Gasteiger partial charge is 0.251 e. The van der Waals surface area contributed by atoms with Crippen molar-refractivity contribution in [3.63, 3.8) is 0 Å². The van der Waals surface area contributed by atoms with Crippen LogP contribution in [0, 0.1) is 5.82 Å². The fraction of sp³-hybridized carbons (Fsp3) is 0.435. The van der Waals surface area contributed by atoms with Crippen LogP contribution in [0.3, 0.4) is 0 Å². The highest BCUT2D eigenvalue weighted by molar-refractivity contribution is 5.95. The van der Waals surface area contributed by atoms with Gasteiger partial charge < -0.3 is 20.9 Å². The number of nitrogen functional groups attached to an aromatic ring is 1. The Morgan fingerprint density at radius 1 is 1.13 bits per heavy atom. The molecule has 5 nitrogen and oxygen atoms in total. The highest BCUT2D eigenvalue weighted by atomic mass is 35.5. The van der Waals surface area contributed by atoms with Gasteiger partial charge in [0.1, 0.15) is 5.82 Å². The summed E-state index contributed by atoms with van der Waals surface area (Å²) in [5.41, 5.74) is 9.88. The van der Waals surface area contributed by atoms with Crippen molar-refractivity contribution in [3.05, 3.63) is 58.9 Å². The van der Waals surface area contributed by atoms with Crippen LogP contribution in [0.25, 0.3) is 0 Å².